The van der Waals surface area contributed by atoms with E-state index in [1.54, 1.807) is 6.92 Å². The van der Waals surface area contributed by atoms with E-state index in [1.807, 2.05) is 13.8 Å². The van der Waals surface area contributed by atoms with Gasteiger partial charge in [-0.2, -0.15) is 0 Å². The summed E-state index contributed by atoms with van der Waals surface area (Å²) in [4.78, 5) is 23.8. The Hall–Kier alpha value is -1.58. The lowest BCUT2D eigenvalue weighted by atomic mass is 10.1. The molecule has 0 radical (unpaired) electrons. The second-order valence-corrected chi connectivity index (χ2v) is 7.89. The van der Waals surface area contributed by atoms with E-state index < -0.39 is 12.1 Å². The van der Waals surface area contributed by atoms with Crippen molar-refractivity contribution in [2.24, 2.45) is 5.92 Å². The summed E-state index contributed by atoms with van der Waals surface area (Å²) in [6.07, 6.45) is 21.3. The first kappa shape index (κ1) is 27.4. The van der Waals surface area contributed by atoms with Crippen molar-refractivity contribution in [1.29, 1.82) is 0 Å². The molecule has 0 saturated carbocycles. The first-order valence-electron chi connectivity index (χ1n) is 11.7. The molecule has 168 valence electrons. The summed E-state index contributed by atoms with van der Waals surface area (Å²) >= 11 is 0. The lowest BCUT2D eigenvalue weighted by molar-refractivity contribution is -0.170. The van der Waals surface area contributed by atoms with Gasteiger partial charge in [-0.1, -0.05) is 77.2 Å². The number of allylic oxidation sites excluding steroid dienone is 4. The SMILES string of the molecule is CCCCC/C=C\C/C=C/CCCCCCCC(=O)OC(C(=O)OCC)C(C)C. The molecule has 0 aromatic rings. The molecule has 0 N–H and O–H groups in total. The lowest BCUT2D eigenvalue weighted by Crippen LogP contribution is -2.33. The zero-order chi connectivity index (χ0) is 21.7. The summed E-state index contributed by atoms with van der Waals surface area (Å²) in [5.74, 6) is -0.832. The predicted molar refractivity (Wildman–Crippen MR) is 121 cm³/mol. The number of carbonyl (C=O) groups is 2. The molecule has 0 aliphatic rings. The van der Waals surface area contributed by atoms with Crippen LogP contribution in [0.15, 0.2) is 24.3 Å². The third kappa shape index (κ3) is 17.0. The number of esters is 2. The topological polar surface area (TPSA) is 52.6 Å². The maximum Gasteiger partial charge on any atom is 0.347 e. The van der Waals surface area contributed by atoms with Crippen molar-refractivity contribution in [3.63, 3.8) is 0 Å². The maximum atomic E-state index is 12.0. The molecule has 1 atom stereocenters. The molecule has 0 bridgehead atoms. The van der Waals surface area contributed by atoms with Crippen molar-refractivity contribution in [2.45, 2.75) is 111 Å². The van der Waals surface area contributed by atoms with Crippen LogP contribution in [0.1, 0.15) is 105 Å². The number of carbonyl (C=O) groups excluding carboxylic acids is 2. The highest BCUT2D eigenvalue weighted by atomic mass is 16.6. The Labute approximate surface area is 179 Å². The normalized spacial score (nSPS) is 12.7. The number of hydrogen-bond donors (Lipinski definition) is 0. The fraction of sp³-hybridized carbons (Fsp3) is 0.760. The van der Waals surface area contributed by atoms with Crippen molar-refractivity contribution in [3.05, 3.63) is 24.3 Å². The van der Waals surface area contributed by atoms with Gasteiger partial charge in [0.05, 0.1) is 6.61 Å². The van der Waals surface area contributed by atoms with Gasteiger partial charge in [-0.25, -0.2) is 4.79 Å². The van der Waals surface area contributed by atoms with Gasteiger partial charge in [0, 0.05) is 12.3 Å². The van der Waals surface area contributed by atoms with E-state index >= 15 is 0 Å². The Morgan fingerprint density at radius 3 is 1.97 bits per heavy atom. The molecule has 0 aromatic carbocycles. The van der Waals surface area contributed by atoms with Gasteiger partial charge in [0.2, 0.25) is 6.10 Å². The third-order valence-electron chi connectivity index (χ3n) is 4.71. The van der Waals surface area contributed by atoms with Gasteiger partial charge in [-0.3, -0.25) is 4.79 Å². The molecule has 0 spiro atoms. The monoisotopic (exact) mass is 408 g/mol. The van der Waals surface area contributed by atoms with E-state index in [4.69, 9.17) is 9.47 Å². The van der Waals surface area contributed by atoms with Crippen LogP contribution in [0.5, 0.6) is 0 Å². The van der Waals surface area contributed by atoms with E-state index in [1.165, 1.54) is 38.5 Å². The highest BCUT2D eigenvalue weighted by Crippen LogP contribution is 2.13. The fourth-order valence-corrected chi connectivity index (χ4v) is 2.96. The van der Waals surface area contributed by atoms with E-state index in [2.05, 4.69) is 31.2 Å². The quantitative estimate of drug-likeness (QED) is 0.140. The van der Waals surface area contributed by atoms with Crippen LogP contribution in [0, 0.1) is 5.92 Å². The number of ether oxygens (including phenoxy) is 2. The summed E-state index contributed by atoms with van der Waals surface area (Å²) in [6, 6.07) is 0. The summed E-state index contributed by atoms with van der Waals surface area (Å²) in [7, 11) is 0. The van der Waals surface area contributed by atoms with Crippen LogP contribution >= 0.6 is 0 Å². The Bertz CT molecular complexity index is 465. The average Bonchev–Trinajstić information content (AvgIpc) is 2.69. The molecule has 1 unspecified atom stereocenters. The molecule has 0 aromatic heterocycles. The first-order valence-corrected chi connectivity index (χ1v) is 11.7. The van der Waals surface area contributed by atoms with E-state index in [0.29, 0.717) is 13.0 Å². The van der Waals surface area contributed by atoms with Crippen molar-refractivity contribution >= 4 is 11.9 Å². The molecule has 0 heterocycles. The molecule has 0 fully saturated rings. The van der Waals surface area contributed by atoms with Crippen LogP contribution < -0.4 is 0 Å². The minimum absolute atomic E-state index is 0.0809. The third-order valence-corrected chi connectivity index (χ3v) is 4.71. The van der Waals surface area contributed by atoms with E-state index in [0.717, 1.165) is 32.1 Å². The van der Waals surface area contributed by atoms with E-state index in [-0.39, 0.29) is 11.9 Å². The fourth-order valence-electron chi connectivity index (χ4n) is 2.96. The second-order valence-electron chi connectivity index (χ2n) is 7.89. The smallest absolute Gasteiger partial charge is 0.347 e. The van der Waals surface area contributed by atoms with Crippen LogP contribution in [0.3, 0.4) is 0 Å². The van der Waals surface area contributed by atoms with Gasteiger partial charge in [0.25, 0.3) is 0 Å². The average molecular weight is 409 g/mol. The van der Waals surface area contributed by atoms with Gasteiger partial charge in [0.15, 0.2) is 0 Å². The molecular formula is C25H44O4. The number of unbranched alkanes of at least 4 members (excludes halogenated alkanes) is 8. The molecule has 0 rings (SSSR count). The Morgan fingerprint density at radius 2 is 1.38 bits per heavy atom. The first-order chi connectivity index (χ1) is 14.0. The van der Waals surface area contributed by atoms with Gasteiger partial charge < -0.3 is 9.47 Å². The van der Waals surface area contributed by atoms with Crippen LogP contribution in [0.4, 0.5) is 0 Å². The zero-order valence-electron chi connectivity index (χ0n) is 19.3. The number of rotatable bonds is 18. The molecule has 4 nitrogen and oxygen atoms in total. The van der Waals surface area contributed by atoms with Crippen molar-refractivity contribution in [3.8, 4) is 0 Å². The van der Waals surface area contributed by atoms with Crippen molar-refractivity contribution in [1.82, 2.24) is 0 Å². The highest BCUT2D eigenvalue weighted by Gasteiger charge is 2.27. The largest absolute Gasteiger partial charge is 0.463 e. The maximum absolute atomic E-state index is 12.0. The molecule has 0 aliphatic heterocycles. The molecule has 0 saturated heterocycles. The van der Waals surface area contributed by atoms with Crippen molar-refractivity contribution in [2.75, 3.05) is 6.61 Å². The van der Waals surface area contributed by atoms with Gasteiger partial charge >= 0.3 is 11.9 Å². The van der Waals surface area contributed by atoms with E-state index in [9.17, 15) is 9.59 Å². The Morgan fingerprint density at radius 1 is 0.793 bits per heavy atom. The Kier molecular flexibility index (Phi) is 18.6. The minimum atomic E-state index is -0.791. The minimum Gasteiger partial charge on any atom is -0.463 e. The molecule has 0 aliphatic carbocycles. The van der Waals surface area contributed by atoms with Crippen LogP contribution in [0.2, 0.25) is 0 Å². The number of hydrogen-bond acceptors (Lipinski definition) is 4. The summed E-state index contributed by atoms with van der Waals surface area (Å²) in [5, 5.41) is 0. The van der Waals surface area contributed by atoms with Crippen LogP contribution in [-0.4, -0.2) is 24.6 Å². The predicted octanol–water partition coefficient (Wildman–Crippen LogP) is 6.93. The lowest BCUT2D eigenvalue weighted by Gasteiger charge is -2.19. The van der Waals surface area contributed by atoms with Crippen LogP contribution in [-0.2, 0) is 19.1 Å². The van der Waals surface area contributed by atoms with Crippen LogP contribution in [0.25, 0.3) is 0 Å². The second kappa shape index (κ2) is 19.7. The summed E-state index contributed by atoms with van der Waals surface area (Å²) < 4.78 is 10.3. The molecule has 29 heavy (non-hydrogen) atoms. The van der Waals surface area contributed by atoms with Gasteiger partial charge in [-0.15, -0.1) is 0 Å². The molecular weight excluding hydrogens is 364 g/mol. The zero-order valence-corrected chi connectivity index (χ0v) is 19.3. The van der Waals surface area contributed by atoms with Crippen molar-refractivity contribution < 1.29 is 19.1 Å². The van der Waals surface area contributed by atoms with Gasteiger partial charge in [0.1, 0.15) is 0 Å². The highest BCUT2D eigenvalue weighted by molar-refractivity contribution is 5.79. The molecule has 4 heteroatoms. The van der Waals surface area contributed by atoms with Gasteiger partial charge in [-0.05, 0) is 45.4 Å². The molecule has 0 amide bonds. The Balaban J connectivity index is 3.65. The summed E-state index contributed by atoms with van der Waals surface area (Å²) in [5.41, 5.74) is 0. The standard InChI is InChI=1S/C25H44O4/c1-5-7-8-9-10-11-12-13-14-15-16-17-18-19-20-21-23(26)29-24(22(3)4)25(27)28-6-2/h10-11,13-14,22,24H,5-9,12,15-21H2,1-4H3/b11-10-,14-13+. The summed E-state index contributed by atoms with van der Waals surface area (Å²) in [6.45, 7) is 7.99.